The molecule has 0 saturated heterocycles. The van der Waals surface area contributed by atoms with Gasteiger partial charge in [0.25, 0.3) is 0 Å². The number of hydrogen-bond acceptors (Lipinski definition) is 1. The van der Waals surface area contributed by atoms with Crippen molar-refractivity contribution in [2.75, 3.05) is 13.1 Å². The summed E-state index contributed by atoms with van der Waals surface area (Å²) in [6.07, 6.45) is 25.5. The van der Waals surface area contributed by atoms with E-state index in [9.17, 15) is 0 Å². The Balaban J connectivity index is 1.83. The molecule has 22 heavy (non-hydrogen) atoms. The first-order chi connectivity index (χ1) is 10.9. The fourth-order valence-electron chi connectivity index (χ4n) is 3.63. The fraction of sp³-hybridized carbons (Fsp3) is 0.952. The van der Waals surface area contributed by atoms with Crippen LogP contribution in [-0.2, 0) is 0 Å². The van der Waals surface area contributed by atoms with E-state index in [0.29, 0.717) is 0 Å². The van der Waals surface area contributed by atoms with Crippen molar-refractivity contribution < 1.29 is 0 Å². The second kappa shape index (κ2) is 15.8. The van der Waals surface area contributed by atoms with Gasteiger partial charge >= 0.3 is 0 Å². The van der Waals surface area contributed by atoms with E-state index in [0.717, 1.165) is 5.92 Å². The highest BCUT2D eigenvalue weighted by atomic mass is 14.8. The lowest BCUT2D eigenvalue weighted by Crippen LogP contribution is -2.16. The largest absolute Gasteiger partial charge is 0.317 e. The van der Waals surface area contributed by atoms with Gasteiger partial charge in [-0.2, -0.15) is 0 Å². The highest BCUT2D eigenvalue weighted by Crippen LogP contribution is 2.25. The topological polar surface area (TPSA) is 12.0 Å². The average molecular weight is 309 g/mol. The van der Waals surface area contributed by atoms with Crippen molar-refractivity contribution in [1.29, 1.82) is 0 Å². The van der Waals surface area contributed by atoms with Gasteiger partial charge in [-0.15, -0.1) is 0 Å². The minimum Gasteiger partial charge on any atom is -0.317 e. The molecule has 1 radical (unpaired) electrons. The Labute approximate surface area is 141 Å². The van der Waals surface area contributed by atoms with Crippen molar-refractivity contribution in [3.63, 3.8) is 0 Å². The van der Waals surface area contributed by atoms with Crippen molar-refractivity contribution >= 4 is 0 Å². The van der Waals surface area contributed by atoms with Gasteiger partial charge in [-0.1, -0.05) is 90.4 Å². The minimum atomic E-state index is 0.940. The molecule has 0 amide bonds. The summed E-state index contributed by atoms with van der Waals surface area (Å²) in [6, 6.07) is 0. The van der Waals surface area contributed by atoms with Gasteiger partial charge in [0.1, 0.15) is 0 Å². The summed E-state index contributed by atoms with van der Waals surface area (Å²) < 4.78 is 0. The molecule has 1 aliphatic rings. The lowest BCUT2D eigenvalue weighted by Gasteiger charge is -2.15. The Kier molecular flexibility index (Phi) is 14.4. The molecule has 0 aliphatic heterocycles. The van der Waals surface area contributed by atoms with Gasteiger partial charge in [-0.05, 0) is 44.7 Å². The van der Waals surface area contributed by atoms with E-state index < -0.39 is 0 Å². The lowest BCUT2D eigenvalue weighted by molar-refractivity contribution is 0.448. The summed E-state index contributed by atoms with van der Waals surface area (Å²) >= 11 is 0. The van der Waals surface area contributed by atoms with Crippen molar-refractivity contribution in [3.8, 4) is 0 Å². The SMILES string of the molecule is CCCCCCNCCCCCCC1[CH]CCCCCCC1. The maximum Gasteiger partial charge on any atom is -0.00489 e. The molecule has 0 heterocycles. The minimum absolute atomic E-state index is 0.940. The summed E-state index contributed by atoms with van der Waals surface area (Å²) in [4.78, 5) is 0. The maximum absolute atomic E-state index is 3.60. The third kappa shape index (κ3) is 12.5. The van der Waals surface area contributed by atoms with E-state index in [2.05, 4.69) is 18.7 Å². The van der Waals surface area contributed by atoms with Gasteiger partial charge in [0.15, 0.2) is 0 Å². The van der Waals surface area contributed by atoms with Gasteiger partial charge in [0, 0.05) is 0 Å². The number of hydrogen-bond donors (Lipinski definition) is 1. The summed E-state index contributed by atoms with van der Waals surface area (Å²) in [6.45, 7) is 4.75. The highest BCUT2D eigenvalue weighted by Gasteiger charge is 2.10. The fourth-order valence-corrected chi connectivity index (χ4v) is 3.63. The van der Waals surface area contributed by atoms with E-state index in [1.54, 1.807) is 0 Å². The van der Waals surface area contributed by atoms with Crippen LogP contribution in [0.5, 0.6) is 0 Å². The molecule has 0 bridgehead atoms. The monoisotopic (exact) mass is 308 g/mol. The Bertz CT molecular complexity index is 204. The van der Waals surface area contributed by atoms with Gasteiger partial charge < -0.3 is 5.32 Å². The highest BCUT2D eigenvalue weighted by molar-refractivity contribution is 4.77. The molecule has 1 nitrogen and oxygen atoms in total. The molecule has 1 heteroatoms. The predicted molar refractivity (Wildman–Crippen MR) is 100 cm³/mol. The summed E-state index contributed by atoms with van der Waals surface area (Å²) in [5, 5.41) is 3.60. The van der Waals surface area contributed by atoms with Crippen LogP contribution in [0.15, 0.2) is 0 Å². The summed E-state index contributed by atoms with van der Waals surface area (Å²) in [5.41, 5.74) is 0. The third-order valence-electron chi connectivity index (χ3n) is 5.16. The van der Waals surface area contributed by atoms with Crippen LogP contribution in [0, 0.1) is 12.3 Å². The van der Waals surface area contributed by atoms with Crippen LogP contribution >= 0.6 is 0 Å². The Morgan fingerprint density at radius 2 is 1.45 bits per heavy atom. The molecule has 0 aromatic heterocycles. The molecular formula is C21H42N. The van der Waals surface area contributed by atoms with Crippen molar-refractivity contribution in [2.24, 2.45) is 5.92 Å². The van der Waals surface area contributed by atoms with E-state index in [1.807, 2.05) is 0 Å². The second-order valence-electron chi connectivity index (χ2n) is 7.35. The molecule has 1 aliphatic carbocycles. The lowest BCUT2D eigenvalue weighted by atomic mass is 9.91. The molecule has 1 unspecified atom stereocenters. The van der Waals surface area contributed by atoms with Crippen LogP contribution in [-0.4, -0.2) is 13.1 Å². The van der Waals surface area contributed by atoms with Crippen molar-refractivity contribution in [2.45, 2.75) is 110 Å². The van der Waals surface area contributed by atoms with Crippen LogP contribution in [0.2, 0.25) is 0 Å². The van der Waals surface area contributed by atoms with E-state index in [-0.39, 0.29) is 0 Å². The average Bonchev–Trinajstić information content (AvgIpc) is 2.66. The Hall–Kier alpha value is -0.0400. The molecular weight excluding hydrogens is 266 g/mol. The smallest absolute Gasteiger partial charge is 0.00489 e. The molecule has 1 saturated carbocycles. The maximum atomic E-state index is 3.60. The zero-order valence-corrected chi connectivity index (χ0v) is 15.4. The zero-order chi connectivity index (χ0) is 15.7. The van der Waals surface area contributed by atoms with Gasteiger partial charge in [-0.25, -0.2) is 0 Å². The molecule has 1 rings (SSSR count). The molecule has 0 spiro atoms. The van der Waals surface area contributed by atoms with Gasteiger partial charge in [-0.3, -0.25) is 0 Å². The van der Waals surface area contributed by atoms with Crippen LogP contribution in [0.3, 0.4) is 0 Å². The Morgan fingerprint density at radius 1 is 0.773 bits per heavy atom. The number of nitrogens with one attached hydrogen (secondary N) is 1. The predicted octanol–water partition coefficient (Wildman–Crippen LogP) is 6.67. The third-order valence-corrected chi connectivity index (χ3v) is 5.16. The molecule has 1 atom stereocenters. The number of rotatable bonds is 12. The molecule has 1 fully saturated rings. The Morgan fingerprint density at radius 3 is 2.27 bits per heavy atom. The van der Waals surface area contributed by atoms with Crippen LogP contribution < -0.4 is 5.32 Å². The molecule has 0 aromatic rings. The van der Waals surface area contributed by atoms with E-state index in [1.165, 1.54) is 116 Å². The van der Waals surface area contributed by atoms with Crippen molar-refractivity contribution in [1.82, 2.24) is 5.32 Å². The van der Waals surface area contributed by atoms with Crippen molar-refractivity contribution in [3.05, 3.63) is 6.42 Å². The van der Waals surface area contributed by atoms with Gasteiger partial charge in [0.2, 0.25) is 0 Å². The quantitative estimate of drug-likeness (QED) is 0.397. The first-order valence-electron chi connectivity index (χ1n) is 10.5. The molecule has 0 aromatic carbocycles. The number of unbranched alkanes of at least 4 members (excludes halogenated alkanes) is 6. The standard InChI is InChI=1S/C21H42N/c1-2-3-4-14-19-22-20-15-10-9-13-18-21-16-11-7-5-6-8-12-17-21/h16,21-22H,2-15,17-20H2,1H3. The van der Waals surface area contributed by atoms with Crippen LogP contribution in [0.25, 0.3) is 0 Å². The van der Waals surface area contributed by atoms with E-state index >= 15 is 0 Å². The van der Waals surface area contributed by atoms with E-state index in [4.69, 9.17) is 0 Å². The first kappa shape index (κ1) is 20.0. The molecule has 1 N–H and O–H groups in total. The normalized spacial score (nSPS) is 17.9. The van der Waals surface area contributed by atoms with Crippen LogP contribution in [0.4, 0.5) is 0 Å². The van der Waals surface area contributed by atoms with Gasteiger partial charge in [0.05, 0.1) is 0 Å². The summed E-state index contributed by atoms with van der Waals surface area (Å²) in [7, 11) is 0. The first-order valence-corrected chi connectivity index (χ1v) is 10.5. The summed E-state index contributed by atoms with van der Waals surface area (Å²) in [5.74, 6) is 0.940. The molecule has 131 valence electrons. The second-order valence-corrected chi connectivity index (χ2v) is 7.35. The van der Waals surface area contributed by atoms with Crippen LogP contribution in [0.1, 0.15) is 110 Å². The zero-order valence-electron chi connectivity index (χ0n) is 15.4.